The molecule has 0 aliphatic rings. The number of halogens is 1. The molecule has 0 fully saturated rings. The minimum absolute atomic E-state index is 0.200. The molecule has 0 atom stereocenters. The molecular formula is C15H17BrN2O2S. The third-order valence-corrected chi connectivity index (χ3v) is 5.90. The zero-order chi connectivity index (χ0) is 15.6. The number of hydrogen-bond donors (Lipinski definition) is 2. The third kappa shape index (κ3) is 3.45. The third-order valence-electron chi connectivity index (χ3n) is 3.20. The fourth-order valence-corrected chi connectivity index (χ4v) is 4.21. The Morgan fingerprint density at radius 2 is 1.81 bits per heavy atom. The zero-order valence-electron chi connectivity index (χ0n) is 11.9. The second-order valence-electron chi connectivity index (χ2n) is 4.85. The lowest BCUT2D eigenvalue weighted by Gasteiger charge is -2.14. The number of sulfonamides is 1. The van der Waals surface area contributed by atoms with Crippen LogP contribution in [0.5, 0.6) is 0 Å². The Bertz CT molecular complexity index is 773. The van der Waals surface area contributed by atoms with Crippen molar-refractivity contribution in [2.45, 2.75) is 25.3 Å². The molecule has 2 rings (SSSR count). The molecule has 112 valence electrons. The van der Waals surface area contributed by atoms with Gasteiger partial charge < -0.3 is 5.73 Å². The maximum atomic E-state index is 12.6. The van der Waals surface area contributed by atoms with Crippen LogP contribution in [0.15, 0.2) is 45.8 Å². The highest BCUT2D eigenvalue weighted by molar-refractivity contribution is 9.10. The van der Waals surface area contributed by atoms with Gasteiger partial charge in [-0.15, -0.1) is 0 Å². The molecule has 0 spiro atoms. The number of benzene rings is 2. The summed E-state index contributed by atoms with van der Waals surface area (Å²) in [6.45, 7) is 3.99. The summed E-state index contributed by atoms with van der Waals surface area (Å²) in [6.07, 6.45) is 0. The van der Waals surface area contributed by atoms with Gasteiger partial charge in [0.05, 0.1) is 5.69 Å². The van der Waals surface area contributed by atoms with Crippen LogP contribution in [-0.4, -0.2) is 8.42 Å². The molecule has 21 heavy (non-hydrogen) atoms. The fourth-order valence-electron chi connectivity index (χ4n) is 2.01. The molecule has 0 bridgehead atoms. The van der Waals surface area contributed by atoms with Crippen LogP contribution in [0.1, 0.15) is 16.7 Å². The summed E-state index contributed by atoms with van der Waals surface area (Å²) in [5.41, 5.74) is 8.68. The standard InChI is InChI=1S/C15H17BrN2O2S/c1-10-5-3-4-6-13(10)18-21(19,20)14-8-12(9-17)7-11(2)15(14)16/h3-8,18H,9,17H2,1-2H3. The number of rotatable bonds is 4. The van der Waals surface area contributed by atoms with E-state index in [1.165, 1.54) is 0 Å². The topological polar surface area (TPSA) is 72.2 Å². The van der Waals surface area contributed by atoms with Crippen molar-refractivity contribution in [3.8, 4) is 0 Å². The first-order chi connectivity index (χ1) is 9.85. The summed E-state index contributed by atoms with van der Waals surface area (Å²) in [5, 5.41) is 0. The van der Waals surface area contributed by atoms with Gasteiger partial charge in [0.15, 0.2) is 0 Å². The molecule has 0 unspecified atom stereocenters. The van der Waals surface area contributed by atoms with Gasteiger partial charge >= 0.3 is 0 Å². The van der Waals surface area contributed by atoms with Crippen LogP contribution in [0.25, 0.3) is 0 Å². The molecule has 4 nitrogen and oxygen atoms in total. The number of nitrogens with one attached hydrogen (secondary N) is 1. The van der Waals surface area contributed by atoms with Crippen LogP contribution in [0.2, 0.25) is 0 Å². The molecule has 6 heteroatoms. The van der Waals surface area contributed by atoms with Gasteiger partial charge in [-0.3, -0.25) is 4.72 Å². The van der Waals surface area contributed by atoms with Crippen molar-refractivity contribution in [2.75, 3.05) is 4.72 Å². The second-order valence-corrected chi connectivity index (χ2v) is 7.29. The van der Waals surface area contributed by atoms with E-state index in [0.29, 0.717) is 16.7 Å². The minimum atomic E-state index is -3.67. The van der Waals surface area contributed by atoms with Crippen LogP contribution in [0.4, 0.5) is 5.69 Å². The van der Waals surface area contributed by atoms with Gasteiger partial charge in [0.2, 0.25) is 0 Å². The average Bonchev–Trinajstić information content (AvgIpc) is 2.43. The zero-order valence-corrected chi connectivity index (χ0v) is 14.3. The smallest absolute Gasteiger partial charge is 0.263 e. The lowest BCUT2D eigenvalue weighted by molar-refractivity contribution is 0.600. The van der Waals surface area contributed by atoms with E-state index in [2.05, 4.69) is 20.7 Å². The fraction of sp³-hybridized carbons (Fsp3) is 0.200. The molecular weight excluding hydrogens is 352 g/mol. The number of hydrogen-bond acceptors (Lipinski definition) is 3. The largest absolute Gasteiger partial charge is 0.326 e. The van der Waals surface area contributed by atoms with Crippen molar-refractivity contribution in [3.05, 3.63) is 57.6 Å². The van der Waals surface area contributed by atoms with Crippen LogP contribution >= 0.6 is 15.9 Å². The van der Waals surface area contributed by atoms with E-state index in [-0.39, 0.29) is 4.90 Å². The molecule has 0 amide bonds. The van der Waals surface area contributed by atoms with Gasteiger partial charge in [-0.1, -0.05) is 24.3 Å². The lowest BCUT2D eigenvalue weighted by Crippen LogP contribution is -2.15. The summed E-state index contributed by atoms with van der Waals surface area (Å²) in [6, 6.07) is 10.7. The van der Waals surface area contributed by atoms with Crippen molar-refractivity contribution in [3.63, 3.8) is 0 Å². The SMILES string of the molecule is Cc1ccccc1NS(=O)(=O)c1cc(CN)cc(C)c1Br. The van der Waals surface area contributed by atoms with Crippen LogP contribution in [-0.2, 0) is 16.6 Å². The van der Waals surface area contributed by atoms with Crippen molar-refractivity contribution < 1.29 is 8.42 Å². The molecule has 0 saturated heterocycles. The highest BCUT2D eigenvalue weighted by Gasteiger charge is 2.20. The predicted octanol–water partition coefficient (Wildman–Crippen LogP) is 3.33. The van der Waals surface area contributed by atoms with E-state index >= 15 is 0 Å². The highest BCUT2D eigenvalue weighted by atomic mass is 79.9. The quantitative estimate of drug-likeness (QED) is 0.869. The van der Waals surface area contributed by atoms with Gasteiger partial charge in [-0.2, -0.15) is 0 Å². The van der Waals surface area contributed by atoms with Crippen LogP contribution in [0, 0.1) is 13.8 Å². The average molecular weight is 369 g/mol. The number of anilines is 1. The molecule has 2 aromatic carbocycles. The van der Waals surface area contributed by atoms with Crippen molar-refractivity contribution in [1.29, 1.82) is 0 Å². The second kappa shape index (κ2) is 6.17. The molecule has 0 saturated carbocycles. The maximum Gasteiger partial charge on any atom is 0.263 e. The van der Waals surface area contributed by atoms with Gasteiger partial charge in [0, 0.05) is 11.0 Å². The Kier molecular flexibility index (Phi) is 4.70. The Morgan fingerprint density at radius 1 is 1.14 bits per heavy atom. The normalized spacial score (nSPS) is 11.4. The van der Waals surface area contributed by atoms with E-state index in [1.54, 1.807) is 18.2 Å². The van der Waals surface area contributed by atoms with E-state index < -0.39 is 10.0 Å². The monoisotopic (exact) mass is 368 g/mol. The first-order valence-electron chi connectivity index (χ1n) is 6.42. The maximum absolute atomic E-state index is 12.6. The Morgan fingerprint density at radius 3 is 2.43 bits per heavy atom. The number of para-hydroxylation sites is 1. The molecule has 0 aromatic heterocycles. The molecule has 0 aliphatic carbocycles. The molecule has 0 aliphatic heterocycles. The summed E-state index contributed by atoms with van der Waals surface area (Å²) in [7, 11) is -3.67. The number of nitrogens with two attached hydrogens (primary N) is 1. The number of aryl methyl sites for hydroxylation is 2. The Hall–Kier alpha value is -1.37. The summed E-state index contributed by atoms with van der Waals surface area (Å²) in [4.78, 5) is 0.200. The minimum Gasteiger partial charge on any atom is -0.326 e. The predicted molar refractivity (Wildman–Crippen MR) is 88.8 cm³/mol. The molecule has 2 aromatic rings. The first kappa shape index (κ1) is 16.0. The first-order valence-corrected chi connectivity index (χ1v) is 8.70. The Labute approximate surface area is 133 Å². The molecule has 3 N–H and O–H groups in total. The van der Waals surface area contributed by atoms with Crippen molar-refractivity contribution in [1.82, 2.24) is 0 Å². The van der Waals surface area contributed by atoms with Crippen molar-refractivity contribution in [2.24, 2.45) is 5.73 Å². The van der Waals surface area contributed by atoms with Gasteiger partial charge in [0.1, 0.15) is 4.90 Å². The summed E-state index contributed by atoms with van der Waals surface area (Å²) < 4.78 is 28.4. The van der Waals surface area contributed by atoms with Crippen molar-refractivity contribution >= 4 is 31.6 Å². The van der Waals surface area contributed by atoms with E-state index in [4.69, 9.17) is 5.73 Å². The summed E-state index contributed by atoms with van der Waals surface area (Å²) in [5.74, 6) is 0. The van der Waals surface area contributed by atoms with Gasteiger partial charge in [0.25, 0.3) is 10.0 Å². The van der Waals surface area contributed by atoms with E-state index in [9.17, 15) is 8.42 Å². The van der Waals surface area contributed by atoms with E-state index in [1.807, 2.05) is 32.0 Å². The lowest BCUT2D eigenvalue weighted by atomic mass is 10.1. The highest BCUT2D eigenvalue weighted by Crippen LogP contribution is 2.29. The van der Waals surface area contributed by atoms with Gasteiger partial charge in [-0.05, 0) is 58.6 Å². The summed E-state index contributed by atoms with van der Waals surface area (Å²) >= 11 is 3.35. The van der Waals surface area contributed by atoms with Gasteiger partial charge in [-0.25, -0.2) is 8.42 Å². The van der Waals surface area contributed by atoms with E-state index in [0.717, 1.165) is 16.7 Å². The van der Waals surface area contributed by atoms with Crippen LogP contribution < -0.4 is 10.5 Å². The van der Waals surface area contributed by atoms with Crippen LogP contribution in [0.3, 0.4) is 0 Å². The molecule has 0 radical (unpaired) electrons. The Balaban J connectivity index is 2.50. The molecule has 0 heterocycles.